The third kappa shape index (κ3) is 3.54. The molecule has 0 heterocycles. The van der Waals surface area contributed by atoms with E-state index >= 15 is 0 Å². The van der Waals surface area contributed by atoms with E-state index in [9.17, 15) is 14.0 Å². The van der Waals surface area contributed by atoms with Crippen molar-refractivity contribution in [2.75, 3.05) is 18.4 Å². The molecule has 0 aliphatic heterocycles. The highest BCUT2D eigenvalue weighted by Crippen LogP contribution is 2.17. The summed E-state index contributed by atoms with van der Waals surface area (Å²) in [5, 5.41) is 13.3. The summed E-state index contributed by atoms with van der Waals surface area (Å²) >= 11 is 0. The number of rotatable bonds is 4. The molecular formula is C11H11FN4O2. The topological polar surface area (TPSA) is 108 Å². The molecule has 0 atom stereocenters. The zero-order valence-corrected chi connectivity index (χ0v) is 9.37. The lowest BCUT2D eigenvalue weighted by Gasteiger charge is -2.08. The van der Waals surface area contributed by atoms with Gasteiger partial charge in [-0.1, -0.05) is 6.07 Å². The van der Waals surface area contributed by atoms with Crippen molar-refractivity contribution in [1.82, 2.24) is 5.32 Å². The van der Waals surface area contributed by atoms with Crippen LogP contribution in [0.3, 0.4) is 0 Å². The van der Waals surface area contributed by atoms with Crippen molar-refractivity contribution in [3.05, 3.63) is 29.6 Å². The number of amides is 2. The van der Waals surface area contributed by atoms with Gasteiger partial charge >= 0.3 is 0 Å². The predicted octanol–water partition coefficient (Wildman–Crippen LogP) is -0.289. The van der Waals surface area contributed by atoms with Gasteiger partial charge in [-0.25, -0.2) is 4.39 Å². The number of nitrogens with zero attached hydrogens (tertiary/aromatic N) is 1. The number of anilines is 1. The first-order valence-electron chi connectivity index (χ1n) is 5.03. The molecule has 0 bridgehead atoms. The average molecular weight is 250 g/mol. The van der Waals surface area contributed by atoms with E-state index in [0.717, 1.165) is 6.07 Å². The molecule has 7 heteroatoms. The normalized spacial score (nSPS) is 9.39. The smallest absolute Gasteiger partial charge is 0.243 e. The SMILES string of the molecule is N#Cc1c(F)cccc1NC(=O)CNC(=O)CN. The number of hydrogen-bond donors (Lipinski definition) is 3. The Bertz CT molecular complexity index is 510. The van der Waals surface area contributed by atoms with Crippen LogP contribution in [0.1, 0.15) is 5.56 Å². The maximum atomic E-state index is 13.2. The van der Waals surface area contributed by atoms with Gasteiger partial charge in [-0.15, -0.1) is 0 Å². The maximum absolute atomic E-state index is 13.2. The van der Waals surface area contributed by atoms with Crippen molar-refractivity contribution in [2.45, 2.75) is 0 Å². The van der Waals surface area contributed by atoms with E-state index in [1.54, 1.807) is 6.07 Å². The number of nitrogens with one attached hydrogen (secondary N) is 2. The quantitative estimate of drug-likeness (QED) is 0.682. The van der Waals surface area contributed by atoms with Gasteiger partial charge in [0, 0.05) is 0 Å². The Labute approximate surface area is 103 Å². The first-order chi connectivity index (χ1) is 8.58. The van der Waals surface area contributed by atoms with Gasteiger partial charge in [0.15, 0.2) is 0 Å². The molecule has 1 aromatic rings. The van der Waals surface area contributed by atoms with Crippen molar-refractivity contribution >= 4 is 17.5 Å². The summed E-state index contributed by atoms with van der Waals surface area (Å²) in [6.45, 7) is -0.520. The zero-order chi connectivity index (χ0) is 13.5. The van der Waals surface area contributed by atoms with Crippen LogP contribution >= 0.6 is 0 Å². The van der Waals surface area contributed by atoms with Crippen LogP contribution in [0.4, 0.5) is 10.1 Å². The fourth-order valence-electron chi connectivity index (χ4n) is 1.19. The van der Waals surface area contributed by atoms with Crippen molar-refractivity contribution < 1.29 is 14.0 Å². The van der Waals surface area contributed by atoms with Gasteiger partial charge in [0.1, 0.15) is 17.4 Å². The third-order valence-electron chi connectivity index (χ3n) is 2.03. The highest BCUT2D eigenvalue weighted by molar-refractivity contribution is 5.95. The molecule has 0 radical (unpaired) electrons. The lowest BCUT2D eigenvalue weighted by Crippen LogP contribution is -2.36. The number of nitrogens with two attached hydrogens (primary N) is 1. The standard InChI is InChI=1S/C11H11FN4O2/c12-8-2-1-3-9(7(8)4-13)16-11(18)6-15-10(17)5-14/h1-3H,5-6,14H2,(H,15,17)(H,16,18). The van der Waals surface area contributed by atoms with E-state index in [-0.39, 0.29) is 24.3 Å². The average Bonchev–Trinajstić information content (AvgIpc) is 2.36. The minimum atomic E-state index is -0.721. The molecule has 6 nitrogen and oxygen atoms in total. The molecule has 0 unspecified atom stereocenters. The number of halogens is 1. The fraction of sp³-hybridized carbons (Fsp3) is 0.182. The van der Waals surface area contributed by atoms with Gasteiger partial charge in [-0.2, -0.15) is 5.26 Å². The molecule has 0 fully saturated rings. The Morgan fingerprint density at radius 3 is 2.72 bits per heavy atom. The van der Waals surface area contributed by atoms with Crippen molar-refractivity contribution in [1.29, 1.82) is 5.26 Å². The molecule has 1 aromatic carbocycles. The maximum Gasteiger partial charge on any atom is 0.243 e. The van der Waals surface area contributed by atoms with Gasteiger partial charge in [0.2, 0.25) is 11.8 Å². The largest absolute Gasteiger partial charge is 0.346 e. The minimum Gasteiger partial charge on any atom is -0.346 e. The first kappa shape index (κ1) is 13.6. The fourth-order valence-corrected chi connectivity index (χ4v) is 1.19. The highest BCUT2D eigenvalue weighted by atomic mass is 19.1. The molecule has 0 aromatic heterocycles. The molecule has 0 aliphatic carbocycles. The van der Waals surface area contributed by atoms with Gasteiger partial charge in [0.25, 0.3) is 0 Å². The summed E-state index contributed by atoms with van der Waals surface area (Å²) in [7, 11) is 0. The Balaban J connectivity index is 2.68. The molecule has 4 N–H and O–H groups in total. The van der Waals surface area contributed by atoms with Gasteiger partial charge in [-0.3, -0.25) is 9.59 Å². The molecule has 0 aliphatic rings. The second-order valence-electron chi connectivity index (χ2n) is 3.30. The summed E-state index contributed by atoms with van der Waals surface area (Å²) in [5.74, 6) is -1.77. The Morgan fingerprint density at radius 1 is 1.39 bits per heavy atom. The second-order valence-corrected chi connectivity index (χ2v) is 3.30. The van der Waals surface area contributed by atoms with Crippen LogP contribution in [0.5, 0.6) is 0 Å². The number of benzene rings is 1. The van der Waals surface area contributed by atoms with Crippen LogP contribution in [-0.4, -0.2) is 24.9 Å². The molecule has 0 spiro atoms. The molecule has 18 heavy (non-hydrogen) atoms. The summed E-state index contributed by atoms with van der Waals surface area (Å²) in [6.07, 6.45) is 0. The van der Waals surface area contributed by atoms with E-state index in [2.05, 4.69) is 10.6 Å². The van der Waals surface area contributed by atoms with Crippen LogP contribution in [-0.2, 0) is 9.59 Å². The Morgan fingerprint density at radius 2 is 2.11 bits per heavy atom. The zero-order valence-electron chi connectivity index (χ0n) is 9.37. The molecule has 0 saturated heterocycles. The van der Waals surface area contributed by atoms with Gasteiger partial charge in [0.05, 0.1) is 18.8 Å². The van der Waals surface area contributed by atoms with Crippen LogP contribution in [0.25, 0.3) is 0 Å². The Kier molecular flexibility index (Phi) is 4.78. The van der Waals surface area contributed by atoms with E-state index in [4.69, 9.17) is 11.0 Å². The second kappa shape index (κ2) is 6.32. The predicted molar refractivity (Wildman–Crippen MR) is 61.8 cm³/mol. The molecule has 0 saturated carbocycles. The van der Waals surface area contributed by atoms with Crippen LogP contribution in [0.2, 0.25) is 0 Å². The van der Waals surface area contributed by atoms with Crippen molar-refractivity contribution in [3.8, 4) is 6.07 Å². The molecule has 2 amide bonds. The number of nitriles is 1. The van der Waals surface area contributed by atoms with E-state index in [1.807, 2.05) is 0 Å². The van der Waals surface area contributed by atoms with Crippen LogP contribution in [0.15, 0.2) is 18.2 Å². The molecular weight excluding hydrogens is 239 g/mol. The van der Waals surface area contributed by atoms with E-state index in [1.165, 1.54) is 12.1 Å². The first-order valence-corrected chi connectivity index (χ1v) is 5.03. The van der Waals surface area contributed by atoms with Gasteiger partial charge in [-0.05, 0) is 12.1 Å². The lowest BCUT2D eigenvalue weighted by atomic mass is 10.2. The highest BCUT2D eigenvalue weighted by Gasteiger charge is 2.10. The van der Waals surface area contributed by atoms with Crippen molar-refractivity contribution in [3.63, 3.8) is 0 Å². The summed E-state index contributed by atoms with van der Waals surface area (Å²) in [5.41, 5.74) is 4.85. The van der Waals surface area contributed by atoms with Crippen LogP contribution in [0, 0.1) is 17.1 Å². The number of hydrogen-bond acceptors (Lipinski definition) is 4. The summed E-state index contributed by atoms with van der Waals surface area (Å²) in [4.78, 5) is 22.2. The molecule has 94 valence electrons. The monoisotopic (exact) mass is 250 g/mol. The Hall–Kier alpha value is -2.46. The summed E-state index contributed by atoms with van der Waals surface area (Å²) < 4.78 is 13.2. The lowest BCUT2D eigenvalue weighted by molar-refractivity contribution is -0.123. The minimum absolute atomic E-state index is 0.0597. The molecule has 1 rings (SSSR count). The van der Waals surface area contributed by atoms with Crippen molar-refractivity contribution in [2.24, 2.45) is 5.73 Å². The third-order valence-corrected chi connectivity index (χ3v) is 2.03. The van der Waals surface area contributed by atoms with E-state index < -0.39 is 17.6 Å². The van der Waals surface area contributed by atoms with Gasteiger partial charge < -0.3 is 16.4 Å². The number of carbonyl (C=O) groups is 2. The summed E-state index contributed by atoms with van der Waals surface area (Å²) in [6, 6.07) is 5.52. The van der Waals surface area contributed by atoms with E-state index in [0.29, 0.717) is 0 Å². The number of carbonyl (C=O) groups excluding carboxylic acids is 2. The van der Waals surface area contributed by atoms with Crippen LogP contribution < -0.4 is 16.4 Å².